The van der Waals surface area contributed by atoms with E-state index in [9.17, 15) is 4.79 Å². The summed E-state index contributed by atoms with van der Waals surface area (Å²) < 4.78 is 7.84. The number of rotatable bonds is 10. The zero-order valence-corrected chi connectivity index (χ0v) is 24.3. The Morgan fingerprint density at radius 1 is 1.18 bits per heavy atom. The summed E-state index contributed by atoms with van der Waals surface area (Å²) in [5, 5.41) is 15.3. The van der Waals surface area contributed by atoms with Crippen LogP contribution in [0.3, 0.4) is 0 Å². The van der Waals surface area contributed by atoms with Crippen LogP contribution in [0.15, 0.2) is 65.7 Å². The van der Waals surface area contributed by atoms with Gasteiger partial charge in [0, 0.05) is 22.5 Å². The molecule has 1 amide bonds. The molecule has 198 valence electrons. The van der Waals surface area contributed by atoms with Crippen LogP contribution in [-0.2, 0) is 23.4 Å². The van der Waals surface area contributed by atoms with Crippen molar-refractivity contribution in [3.05, 3.63) is 81.9 Å². The van der Waals surface area contributed by atoms with E-state index in [0.29, 0.717) is 38.4 Å². The normalized spacial score (nSPS) is 11.4. The molecule has 1 N–H and O–H groups in total. The minimum Gasteiger partial charge on any atom is -0.486 e. The first kappa shape index (κ1) is 28.2. The van der Waals surface area contributed by atoms with Gasteiger partial charge >= 0.3 is 0 Å². The molecule has 0 saturated carbocycles. The number of hydrogen-bond acceptors (Lipinski definition) is 7. The molecule has 0 bridgehead atoms. The molecule has 7 nitrogen and oxygen atoms in total. The van der Waals surface area contributed by atoms with Crippen molar-refractivity contribution in [2.45, 2.75) is 44.5 Å². The second kappa shape index (κ2) is 12.3. The van der Waals surface area contributed by atoms with Crippen molar-refractivity contribution in [2.75, 3.05) is 11.1 Å². The molecular formula is C27H27Cl2N5O2S2. The Morgan fingerprint density at radius 3 is 2.63 bits per heavy atom. The third kappa shape index (κ3) is 7.17. The number of thioether (sulfide) groups is 1. The van der Waals surface area contributed by atoms with Gasteiger partial charge < -0.3 is 10.1 Å². The van der Waals surface area contributed by atoms with Crippen LogP contribution in [0.1, 0.15) is 32.2 Å². The average molecular weight is 589 g/mol. The van der Waals surface area contributed by atoms with E-state index < -0.39 is 0 Å². The van der Waals surface area contributed by atoms with Gasteiger partial charge in [-0.2, -0.15) is 0 Å². The summed E-state index contributed by atoms with van der Waals surface area (Å²) in [6.45, 7) is 11.1. The average Bonchev–Trinajstić information content (AvgIpc) is 3.48. The van der Waals surface area contributed by atoms with E-state index >= 15 is 0 Å². The zero-order valence-electron chi connectivity index (χ0n) is 21.2. The Kier molecular flexibility index (Phi) is 9.15. The number of hydrogen-bond donors (Lipinski definition) is 1. The summed E-state index contributed by atoms with van der Waals surface area (Å²) >= 11 is 14.9. The third-order valence-corrected chi connectivity index (χ3v) is 7.76. The van der Waals surface area contributed by atoms with Gasteiger partial charge in [0.1, 0.15) is 12.4 Å². The summed E-state index contributed by atoms with van der Waals surface area (Å²) in [5.74, 6) is 1.34. The maximum absolute atomic E-state index is 12.6. The van der Waals surface area contributed by atoms with Gasteiger partial charge in [-0.25, -0.2) is 4.98 Å². The van der Waals surface area contributed by atoms with Gasteiger partial charge in [0.05, 0.1) is 16.5 Å². The highest BCUT2D eigenvalue weighted by molar-refractivity contribution is 7.99. The molecule has 2 aromatic carbocycles. The van der Waals surface area contributed by atoms with Crippen molar-refractivity contribution in [1.29, 1.82) is 0 Å². The molecule has 2 aromatic heterocycles. The van der Waals surface area contributed by atoms with E-state index in [1.54, 1.807) is 24.3 Å². The Morgan fingerprint density at radius 2 is 1.95 bits per heavy atom. The van der Waals surface area contributed by atoms with E-state index in [4.69, 9.17) is 27.9 Å². The molecule has 0 aliphatic carbocycles. The van der Waals surface area contributed by atoms with Crippen LogP contribution in [0.2, 0.25) is 10.0 Å². The summed E-state index contributed by atoms with van der Waals surface area (Å²) in [7, 11) is 0. The molecule has 2 heterocycles. The van der Waals surface area contributed by atoms with Crippen LogP contribution in [0, 0.1) is 0 Å². The number of amides is 1. The highest BCUT2D eigenvalue weighted by Gasteiger charge is 2.17. The highest BCUT2D eigenvalue weighted by atomic mass is 35.5. The van der Waals surface area contributed by atoms with Gasteiger partial charge in [-0.15, -0.1) is 28.1 Å². The molecule has 0 unspecified atom stereocenters. The molecule has 0 aliphatic rings. The number of anilines is 1. The fraction of sp³-hybridized carbons (Fsp3) is 0.259. The molecule has 0 spiro atoms. The van der Waals surface area contributed by atoms with Gasteiger partial charge in [0.15, 0.2) is 16.1 Å². The number of benzene rings is 2. The van der Waals surface area contributed by atoms with Crippen molar-refractivity contribution >= 4 is 57.3 Å². The molecular weight excluding hydrogens is 561 g/mol. The monoisotopic (exact) mass is 587 g/mol. The van der Waals surface area contributed by atoms with Crippen molar-refractivity contribution in [3.63, 3.8) is 0 Å². The van der Waals surface area contributed by atoms with E-state index in [2.05, 4.69) is 60.0 Å². The van der Waals surface area contributed by atoms with Crippen molar-refractivity contribution in [3.8, 4) is 17.0 Å². The molecule has 0 saturated heterocycles. The first-order valence-electron chi connectivity index (χ1n) is 11.7. The summed E-state index contributed by atoms with van der Waals surface area (Å²) in [6, 6.07) is 13.3. The quantitative estimate of drug-likeness (QED) is 0.153. The van der Waals surface area contributed by atoms with Gasteiger partial charge in [0.25, 0.3) is 0 Å². The zero-order chi connectivity index (χ0) is 27.3. The Hall–Kier alpha value is -2.85. The maximum Gasteiger partial charge on any atom is 0.236 e. The lowest BCUT2D eigenvalue weighted by atomic mass is 9.87. The van der Waals surface area contributed by atoms with E-state index in [0.717, 1.165) is 11.3 Å². The number of nitrogens with zero attached hydrogens (tertiary/aromatic N) is 4. The summed E-state index contributed by atoms with van der Waals surface area (Å²) in [6.07, 6.45) is 1.76. The Labute approximate surface area is 240 Å². The van der Waals surface area contributed by atoms with Crippen LogP contribution in [0.4, 0.5) is 5.13 Å². The minimum atomic E-state index is -0.206. The van der Waals surface area contributed by atoms with E-state index in [1.165, 1.54) is 28.7 Å². The molecule has 0 radical (unpaired) electrons. The van der Waals surface area contributed by atoms with Gasteiger partial charge in [0.2, 0.25) is 5.91 Å². The number of allylic oxidation sites excluding steroid dienone is 1. The van der Waals surface area contributed by atoms with E-state index in [-0.39, 0.29) is 23.7 Å². The first-order valence-corrected chi connectivity index (χ1v) is 14.4. The Balaban J connectivity index is 1.35. The number of thiazole rings is 1. The Bertz CT molecular complexity index is 1430. The van der Waals surface area contributed by atoms with Gasteiger partial charge in [-0.3, -0.25) is 9.36 Å². The first-order chi connectivity index (χ1) is 18.1. The van der Waals surface area contributed by atoms with Crippen LogP contribution < -0.4 is 10.1 Å². The lowest BCUT2D eigenvalue weighted by Crippen LogP contribution is -2.15. The molecule has 4 aromatic rings. The molecule has 38 heavy (non-hydrogen) atoms. The summed E-state index contributed by atoms with van der Waals surface area (Å²) in [4.78, 5) is 17.1. The fourth-order valence-corrected chi connectivity index (χ4v) is 5.48. The predicted molar refractivity (Wildman–Crippen MR) is 157 cm³/mol. The number of carbonyl (C=O) groups is 1. The van der Waals surface area contributed by atoms with Gasteiger partial charge in [-0.1, -0.05) is 73.9 Å². The third-order valence-electron chi connectivity index (χ3n) is 5.48. The number of aromatic nitrogens is 4. The minimum absolute atomic E-state index is 0.0767. The topological polar surface area (TPSA) is 81.9 Å². The van der Waals surface area contributed by atoms with Crippen LogP contribution in [-0.4, -0.2) is 31.4 Å². The highest BCUT2D eigenvalue weighted by Crippen LogP contribution is 2.32. The van der Waals surface area contributed by atoms with E-state index in [1.807, 2.05) is 22.1 Å². The maximum atomic E-state index is 12.6. The molecule has 0 atom stereocenters. The molecule has 0 fully saturated rings. The molecule has 0 aliphatic heterocycles. The van der Waals surface area contributed by atoms with Crippen molar-refractivity contribution in [1.82, 2.24) is 19.7 Å². The number of carbonyl (C=O) groups excluding carboxylic acids is 1. The second-order valence-corrected chi connectivity index (χ2v) is 12.0. The number of ether oxygens (including phenoxy) is 1. The predicted octanol–water partition coefficient (Wildman–Crippen LogP) is 7.50. The smallest absolute Gasteiger partial charge is 0.236 e. The van der Waals surface area contributed by atoms with Crippen LogP contribution in [0.25, 0.3) is 11.3 Å². The second-order valence-electron chi connectivity index (χ2n) is 9.36. The van der Waals surface area contributed by atoms with Crippen molar-refractivity contribution < 1.29 is 9.53 Å². The number of nitrogens with one attached hydrogen (secondary N) is 1. The molecule has 11 heteroatoms. The lowest BCUT2D eigenvalue weighted by molar-refractivity contribution is -0.113. The van der Waals surface area contributed by atoms with Crippen molar-refractivity contribution in [2.24, 2.45) is 0 Å². The molecule has 4 rings (SSSR count). The standard InChI is InChI=1S/C27H27Cl2N5O2S2/c1-5-12-34-23(14-36-19-9-6-17(7-10-19)27(2,3)4)32-33-26(34)38-16-24(35)31-25-30-22(15-37-25)20-11-8-18(28)13-21(20)29/h5-11,13,15H,1,12,14,16H2,2-4H3,(H,30,31,35). The van der Waals surface area contributed by atoms with Gasteiger partial charge in [-0.05, 0) is 41.3 Å². The lowest BCUT2D eigenvalue weighted by Gasteiger charge is -2.19. The fourth-order valence-electron chi connectivity index (χ4n) is 3.48. The van der Waals surface area contributed by atoms with Crippen LogP contribution in [0.5, 0.6) is 5.75 Å². The largest absolute Gasteiger partial charge is 0.486 e. The SMILES string of the molecule is C=CCn1c(COc2ccc(C(C)(C)C)cc2)nnc1SCC(=O)Nc1nc(-c2ccc(Cl)cc2Cl)cs1. The number of halogens is 2. The van der Waals surface area contributed by atoms with Crippen LogP contribution >= 0.6 is 46.3 Å². The summed E-state index contributed by atoms with van der Waals surface area (Å²) in [5.41, 5.74) is 2.73.